The van der Waals surface area contributed by atoms with Gasteiger partial charge in [0.15, 0.2) is 0 Å². The minimum Gasteiger partial charge on any atom is -0.207 e. The molecule has 0 N–H and O–H groups in total. The molecule has 3 heteroatoms. The predicted molar refractivity (Wildman–Crippen MR) is 51.2 cm³/mol. The third kappa shape index (κ3) is 1.99. The van der Waals surface area contributed by atoms with Crippen molar-refractivity contribution in [1.29, 1.82) is 0 Å². The lowest BCUT2D eigenvalue weighted by atomic mass is 10.1. The van der Waals surface area contributed by atoms with Gasteiger partial charge in [0.05, 0.1) is 5.02 Å². The Balaban J connectivity index is 3.09. The van der Waals surface area contributed by atoms with Crippen molar-refractivity contribution in [3.8, 4) is 0 Å². The predicted octanol–water partition coefficient (Wildman–Crippen LogP) is 3.73. The van der Waals surface area contributed by atoms with E-state index < -0.39 is 0 Å². The van der Waals surface area contributed by atoms with Crippen LogP contribution in [0.25, 0.3) is 5.57 Å². The van der Waals surface area contributed by atoms with Crippen molar-refractivity contribution in [2.45, 2.75) is 0 Å². The van der Waals surface area contributed by atoms with E-state index in [0.717, 1.165) is 0 Å². The van der Waals surface area contributed by atoms with Crippen LogP contribution in [0, 0.1) is 5.82 Å². The maximum absolute atomic E-state index is 12.6. The summed E-state index contributed by atoms with van der Waals surface area (Å²) in [5.74, 6) is -0.0585. The number of hydrogen-bond donors (Lipinski definition) is 0. The first-order valence-electron chi connectivity index (χ1n) is 3.34. The summed E-state index contributed by atoms with van der Waals surface area (Å²) in [5.41, 5.74) is 1.40. The highest BCUT2D eigenvalue weighted by Gasteiger charge is 2.03. The molecular weight excluding hydrogens is 198 g/mol. The summed E-state index contributed by atoms with van der Waals surface area (Å²) in [6.45, 7) is 3.70. The summed E-state index contributed by atoms with van der Waals surface area (Å²) in [7, 11) is 0. The summed E-state index contributed by atoms with van der Waals surface area (Å²) in [4.78, 5) is 0. The van der Waals surface area contributed by atoms with Crippen LogP contribution in [0.1, 0.15) is 5.56 Å². The molecule has 0 bridgehead atoms. The lowest BCUT2D eigenvalue weighted by Gasteiger charge is -2.03. The standard InChI is InChI=1S/C9H7Cl2F/c1-6(5-10)8-3-2-7(12)4-9(8)11/h2-4H,1,5H2. The lowest BCUT2D eigenvalue weighted by Crippen LogP contribution is -1.86. The van der Waals surface area contributed by atoms with E-state index >= 15 is 0 Å². The summed E-state index contributed by atoms with van der Waals surface area (Å²) in [5, 5.41) is 0.348. The van der Waals surface area contributed by atoms with Crippen LogP contribution < -0.4 is 0 Å². The van der Waals surface area contributed by atoms with Crippen LogP contribution in [-0.2, 0) is 0 Å². The summed E-state index contributed by atoms with van der Waals surface area (Å²) >= 11 is 11.3. The third-order valence-corrected chi connectivity index (χ3v) is 2.11. The molecule has 0 unspecified atom stereocenters. The van der Waals surface area contributed by atoms with Gasteiger partial charge in [0, 0.05) is 5.88 Å². The van der Waals surface area contributed by atoms with Crippen LogP contribution in [0.5, 0.6) is 0 Å². The van der Waals surface area contributed by atoms with Gasteiger partial charge in [-0.3, -0.25) is 0 Å². The van der Waals surface area contributed by atoms with Crippen molar-refractivity contribution < 1.29 is 4.39 Å². The van der Waals surface area contributed by atoms with Gasteiger partial charge in [-0.1, -0.05) is 24.2 Å². The van der Waals surface area contributed by atoms with Gasteiger partial charge in [-0.2, -0.15) is 0 Å². The Morgan fingerprint density at radius 1 is 1.50 bits per heavy atom. The molecule has 0 aliphatic heterocycles. The second-order valence-electron chi connectivity index (χ2n) is 2.36. The average Bonchev–Trinajstić information content (AvgIpc) is 2.03. The molecule has 0 saturated carbocycles. The van der Waals surface area contributed by atoms with Gasteiger partial charge in [-0.25, -0.2) is 4.39 Å². The van der Waals surface area contributed by atoms with Crippen LogP contribution in [0.4, 0.5) is 4.39 Å². The maximum atomic E-state index is 12.6. The van der Waals surface area contributed by atoms with Crippen molar-refractivity contribution in [1.82, 2.24) is 0 Å². The fraction of sp³-hybridized carbons (Fsp3) is 0.111. The highest BCUT2D eigenvalue weighted by molar-refractivity contribution is 6.33. The molecule has 64 valence electrons. The van der Waals surface area contributed by atoms with Crippen molar-refractivity contribution in [2.24, 2.45) is 0 Å². The van der Waals surface area contributed by atoms with Gasteiger partial charge in [0.25, 0.3) is 0 Å². The lowest BCUT2D eigenvalue weighted by molar-refractivity contribution is 0.628. The molecule has 1 aromatic carbocycles. The zero-order valence-electron chi connectivity index (χ0n) is 6.28. The highest BCUT2D eigenvalue weighted by Crippen LogP contribution is 2.24. The average molecular weight is 205 g/mol. The first-order valence-corrected chi connectivity index (χ1v) is 4.25. The van der Waals surface area contributed by atoms with Gasteiger partial charge in [-0.15, -0.1) is 11.6 Å². The van der Waals surface area contributed by atoms with Crippen LogP contribution in [0.15, 0.2) is 24.8 Å². The summed E-state index contributed by atoms with van der Waals surface area (Å²) in [6.07, 6.45) is 0. The molecule has 0 aliphatic carbocycles. The molecule has 1 rings (SSSR count). The van der Waals surface area contributed by atoms with E-state index in [2.05, 4.69) is 6.58 Å². The topological polar surface area (TPSA) is 0 Å². The zero-order chi connectivity index (χ0) is 9.14. The molecule has 0 amide bonds. The molecule has 0 spiro atoms. The molecule has 1 aromatic rings. The smallest absolute Gasteiger partial charge is 0.124 e. The van der Waals surface area contributed by atoms with Gasteiger partial charge in [0.1, 0.15) is 5.82 Å². The Morgan fingerprint density at radius 3 is 2.67 bits per heavy atom. The van der Waals surface area contributed by atoms with Gasteiger partial charge >= 0.3 is 0 Å². The molecular formula is C9H7Cl2F. The van der Waals surface area contributed by atoms with Gasteiger partial charge < -0.3 is 0 Å². The fourth-order valence-corrected chi connectivity index (χ4v) is 1.29. The zero-order valence-corrected chi connectivity index (χ0v) is 7.79. The monoisotopic (exact) mass is 204 g/mol. The molecule has 0 atom stereocenters. The Labute approximate surface area is 80.6 Å². The molecule has 0 saturated heterocycles. The quantitative estimate of drug-likeness (QED) is 0.645. The van der Waals surface area contributed by atoms with E-state index in [0.29, 0.717) is 22.0 Å². The van der Waals surface area contributed by atoms with Crippen LogP contribution in [-0.4, -0.2) is 5.88 Å². The second-order valence-corrected chi connectivity index (χ2v) is 3.04. The Bertz CT molecular complexity index is 307. The molecule has 0 heterocycles. The van der Waals surface area contributed by atoms with E-state index in [-0.39, 0.29) is 5.82 Å². The minimum absolute atomic E-state index is 0.297. The van der Waals surface area contributed by atoms with Gasteiger partial charge in [-0.05, 0) is 23.3 Å². The van der Waals surface area contributed by atoms with E-state index in [1.807, 2.05) is 0 Å². The van der Waals surface area contributed by atoms with E-state index in [4.69, 9.17) is 23.2 Å². The third-order valence-electron chi connectivity index (χ3n) is 1.47. The fourth-order valence-electron chi connectivity index (χ4n) is 0.848. The van der Waals surface area contributed by atoms with E-state index in [1.54, 1.807) is 6.07 Å². The summed E-state index contributed by atoms with van der Waals surface area (Å²) < 4.78 is 12.6. The number of hydrogen-bond acceptors (Lipinski definition) is 0. The van der Waals surface area contributed by atoms with E-state index in [1.165, 1.54) is 12.1 Å². The van der Waals surface area contributed by atoms with Crippen LogP contribution >= 0.6 is 23.2 Å². The Morgan fingerprint density at radius 2 is 2.17 bits per heavy atom. The number of allylic oxidation sites excluding steroid dienone is 1. The molecule has 0 fully saturated rings. The largest absolute Gasteiger partial charge is 0.207 e. The van der Waals surface area contributed by atoms with Crippen molar-refractivity contribution >= 4 is 28.8 Å². The molecule has 12 heavy (non-hydrogen) atoms. The van der Waals surface area contributed by atoms with Gasteiger partial charge in [0.2, 0.25) is 0 Å². The van der Waals surface area contributed by atoms with Crippen molar-refractivity contribution in [2.75, 3.05) is 5.88 Å². The molecule has 0 nitrogen and oxygen atoms in total. The normalized spacial score (nSPS) is 9.92. The van der Waals surface area contributed by atoms with Crippen molar-refractivity contribution in [3.05, 3.63) is 41.2 Å². The SMILES string of the molecule is C=C(CCl)c1ccc(F)cc1Cl. The molecule has 0 aromatic heterocycles. The molecule has 0 radical (unpaired) electrons. The molecule has 0 aliphatic rings. The van der Waals surface area contributed by atoms with E-state index in [9.17, 15) is 4.39 Å². The van der Waals surface area contributed by atoms with Crippen LogP contribution in [0.3, 0.4) is 0 Å². The number of halogens is 3. The Kier molecular flexibility index (Phi) is 3.12. The van der Waals surface area contributed by atoms with Crippen molar-refractivity contribution in [3.63, 3.8) is 0 Å². The number of rotatable bonds is 2. The summed E-state index contributed by atoms with van der Waals surface area (Å²) in [6, 6.07) is 4.15. The number of alkyl halides is 1. The Hall–Kier alpha value is -0.530. The minimum atomic E-state index is -0.355. The first-order chi connectivity index (χ1) is 5.65. The van der Waals surface area contributed by atoms with Crippen LogP contribution in [0.2, 0.25) is 5.02 Å². The first kappa shape index (κ1) is 9.56. The maximum Gasteiger partial charge on any atom is 0.124 e. The highest BCUT2D eigenvalue weighted by atomic mass is 35.5. The number of benzene rings is 1. The second kappa shape index (κ2) is 3.92.